The van der Waals surface area contributed by atoms with Crippen molar-refractivity contribution in [2.24, 2.45) is 0 Å². The van der Waals surface area contributed by atoms with Crippen molar-refractivity contribution in [1.29, 1.82) is 0 Å². The number of hydrogen-bond acceptors (Lipinski definition) is 7. The number of esters is 1. The van der Waals surface area contributed by atoms with Gasteiger partial charge in [-0.3, -0.25) is 9.59 Å². The molecule has 252 valence electrons. The maximum Gasteiger partial charge on any atom is 0.323 e. The smallest absolute Gasteiger partial charge is 0.323 e. The van der Waals surface area contributed by atoms with Crippen LogP contribution in [0.1, 0.15) is 34.7 Å². The molecule has 0 fully saturated rings. The van der Waals surface area contributed by atoms with Crippen molar-refractivity contribution in [3.05, 3.63) is 155 Å². The van der Waals surface area contributed by atoms with Gasteiger partial charge in [0.1, 0.15) is 43.1 Å². The van der Waals surface area contributed by atoms with Crippen molar-refractivity contribution >= 4 is 11.8 Å². The minimum atomic E-state index is -0.589. The number of Topliss-reactive ketones (excluding diaryl/α,β-unsaturated/α-hetero) is 1. The van der Waals surface area contributed by atoms with Crippen molar-refractivity contribution in [3.8, 4) is 22.6 Å². The summed E-state index contributed by atoms with van der Waals surface area (Å²) >= 11 is 0. The van der Waals surface area contributed by atoms with E-state index in [4.69, 9.17) is 14.2 Å². The lowest BCUT2D eigenvalue weighted by molar-refractivity contribution is -0.147. The maximum absolute atomic E-state index is 13.3. The van der Waals surface area contributed by atoms with Crippen LogP contribution >= 0.6 is 0 Å². The number of benzene rings is 5. The highest BCUT2D eigenvalue weighted by Gasteiger charge is 2.22. The summed E-state index contributed by atoms with van der Waals surface area (Å²) in [5, 5.41) is 6.29. The van der Waals surface area contributed by atoms with Gasteiger partial charge in [0.2, 0.25) is 0 Å². The normalized spacial score (nSPS) is 12.1. The van der Waals surface area contributed by atoms with Crippen LogP contribution in [0, 0.1) is 0 Å². The Morgan fingerprint density at radius 1 is 0.551 bits per heavy atom. The highest BCUT2D eigenvalue weighted by Crippen LogP contribution is 2.32. The SMILES string of the molecule is CN[C@@H](Cc1cc(-c2ccc(OCc3ccccc3)c(C[C@H](NC)C(=O)OCc3ccccc3)c2)ccc1OCc1ccccc1)C(C)=O. The van der Waals surface area contributed by atoms with Crippen molar-refractivity contribution in [2.75, 3.05) is 14.1 Å². The summed E-state index contributed by atoms with van der Waals surface area (Å²) in [6, 6.07) is 40.8. The van der Waals surface area contributed by atoms with Gasteiger partial charge in [-0.05, 0) is 90.6 Å². The molecular formula is C42H44N2O5. The van der Waals surface area contributed by atoms with E-state index >= 15 is 0 Å². The molecule has 5 aromatic rings. The Kier molecular flexibility index (Phi) is 12.7. The van der Waals surface area contributed by atoms with Crippen LogP contribution in [0.5, 0.6) is 11.5 Å². The molecule has 0 aliphatic rings. The summed E-state index contributed by atoms with van der Waals surface area (Å²) in [6.45, 7) is 2.61. The Labute approximate surface area is 289 Å². The molecule has 0 unspecified atom stereocenters. The number of carbonyl (C=O) groups excluding carboxylic acids is 2. The first-order chi connectivity index (χ1) is 23.9. The molecular weight excluding hydrogens is 612 g/mol. The predicted molar refractivity (Wildman–Crippen MR) is 193 cm³/mol. The maximum atomic E-state index is 13.3. The molecule has 7 nitrogen and oxygen atoms in total. The summed E-state index contributed by atoms with van der Waals surface area (Å²) in [5.41, 5.74) is 6.74. The number of ketones is 1. The van der Waals surface area contributed by atoms with Crippen LogP contribution in [-0.2, 0) is 47.0 Å². The van der Waals surface area contributed by atoms with E-state index in [1.807, 2.05) is 115 Å². The Hall–Kier alpha value is -5.24. The van der Waals surface area contributed by atoms with E-state index in [-0.39, 0.29) is 24.4 Å². The fourth-order valence-electron chi connectivity index (χ4n) is 5.61. The van der Waals surface area contributed by atoms with E-state index in [2.05, 4.69) is 22.8 Å². The summed E-state index contributed by atoms with van der Waals surface area (Å²) in [5.74, 6) is 1.14. The first-order valence-corrected chi connectivity index (χ1v) is 16.6. The number of carbonyl (C=O) groups is 2. The molecule has 0 saturated carbocycles. The quantitative estimate of drug-likeness (QED) is 0.103. The predicted octanol–water partition coefficient (Wildman–Crippen LogP) is 7.11. The zero-order valence-corrected chi connectivity index (χ0v) is 28.4. The molecule has 2 atom stereocenters. The Balaban J connectivity index is 1.44. The Bertz CT molecular complexity index is 1790. The van der Waals surface area contributed by atoms with E-state index in [0.717, 1.165) is 44.7 Å². The van der Waals surface area contributed by atoms with Gasteiger partial charge in [0.25, 0.3) is 0 Å². The number of rotatable bonds is 17. The van der Waals surface area contributed by atoms with Gasteiger partial charge in [-0.2, -0.15) is 0 Å². The molecule has 0 heterocycles. The van der Waals surface area contributed by atoms with Crippen molar-refractivity contribution in [3.63, 3.8) is 0 Å². The van der Waals surface area contributed by atoms with Crippen molar-refractivity contribution in [1.82, 2.24) is 10.6 Å². The van der Waals surface area contributed by atoms with Crippen LogP contribution in [0.4, 0.5) is 0 Å². The number of ether oxygens (including phenoxy) is 3. The van der Waals surface area contributed by atoms with Gasteiger partial charge < -0.3 is 24.8 Å². The average Bonchev–Trinajstić information content (AvgIpc) is 3.14. The van der Waals surface area contributed by atoms with Crippen molar-refractivity contribution < 1.29 is 23.8 Å². The molecule has 0 saturated heterocycles. The molecule has 0 radical (unpaired) electrons. The second kappa shape index (κ2) is 17.8. The lowest BCUT2D eigenvalue weighted by Gasteiger charge is -2.20. The summed E-state index contributed by atoms with van der Waals surface area (Å²) in [7, 11) is 3.56. The fraction of sp³-hybridized carbons (Fsp3) is 0.238. The molecule has 0 aliphatic heterocycles. The third-order valence-corrected chi connectivity index (χ3v) is 8.47. The Morgan fingerprint density at radius 3 is 1.37 bits per heavy atom. The average molecular weight is 657 g/mol. The summed E-state index contributed by atoms with van der Waals surface area (Å²) in [6.07, 6.45) is 0.837. The fourth-order valence-corrected chi connectivity index (χ4v) is 5.61. The summed E-state index contributed by atoms with van der Waals surface area (Å²) < 4.78 is 18.3. The van der Waals surface area contributed by atoms with Crippen LogP contribution in [-0.4, -0.2) is 37.9 Å². The van der Waals surface area contributed by atoms with E-state index < -0.39 is 6.04 Å². The molecule has 49 heavy (non-hydrogen) atoms. The second-order valence-electron chi connectivity index (χ2n) is 12.0. The zero-order valence-electron chi connectivity index (χ0n) is 28.4. The highest BCUT2D eigenvalue weighted by atomic mass is 16.5. The van der Waals surface area contributed by atoms with Crippen LogP contribution < -0.4 is 20.1 Å². The molecule has 0 aromatic heterocycles. The van der Waals surface area contributed by atoms with Crippen LogP contribution in [0.2, 0.25) is 0 Å². The molecule has 0 amide bonds. The number of nitrogens with one attached hydrogen (secondary N) is 2. The minimum absolute atomic E-state index is 0.0568. The van der Waals surface area contributed by atoms with Crippen LogP contribution in [0.3, 0.4) is 0 Å². The van der Waals surface area contributed by atoms with Gasteiger partial charge in [0.05, 0.1) is 6.04 Å². The second-order valence-corrected chi connectivity index (χ2v) is 12.0. The Morgan fingerprint density at radius 2 is 0.959 bits per heavy atom. The molecule has 5 rings (SSSR count). The highest BCUT2D eigenvalue weighted by molar-refractivity contribution is 5.82. The molecule has 7 heteroatoms. The van der Waals surface area contributed by atoms with Crippen LogP contribution in [0.25, 0.3) is 11.1 Å². The molecule has 0 spiro atoms. The number of hydrogen-bond donors (Lipinski definition) is 2. The third-order valence-electron chi connectivity index (χ3n) is 8.47. The molecule has 0 aliphatic carbocycles. The first kappa shape index (κ1) is 35.1. The summed E-state index contributed by atoms with van der Waals surface area (Å²) in [4.78, 5) is 25.7. The minimum Gasteiger partial charge on any atom is -0.489 e. The van der Waals surface area contributed by atoms with E-state index in [1.165, 1.54) is 0 Å². The van der Waals surface area contributed by atoms with Gasteiger partial charge in [-0.15, -0.1) is 0 Å². The third kappa shape index (κ3) is 10.1. The van der Waals surface area contributed by atoms with E-state index in [1.54, 1.807) is 21.0 Å². The molecule has 2 N–H and O–H groups in total. The van der Waals surface area contributed by atoms with E-state index in [9.17, 15) is 9.59 Å². The van der Waals surface area contributed by atoms with Gasteiger partial charge in [-0.25, -0.2) is 0 Å². The zero-order chi connectivity index (χ0) is 34.4. The lowest BCUT2D eigenvalue weighted by Crippen LogP contribution is -2.37. The topological polar surface area (TPSA) is 85.9 Å². The van der Waals surface area contributed by atoms with Gasteiger partial charge in [0.15, 0.2) is 0 Å². The standard InChI is InChI=1S/C42H44N2O5/c1-30(45)38(43-2)25-36-23-34(19-21-40(36)47-27-31-13-7-4-8-14-31)35-20-22-41(48-28-32-15-9-5-10-16-32)37(24-35)26-39(44-3)42(46)49-29-33-17-11-6-12-18-33/h4-24,38-39,43-44H,25-29H2,1-3H3/t38-,39-/m0/s1. The van der Waals surface area contributed by atoms with Gasteiger partial charge in [-0.1, -0.05) is 103 Å². The lowest BCUT2D eigenvalue weighted by atomic mass is 9.95. The molecule has 0 bridgehead atoms. The largest absolute Gasteiger partial charge is 0.489 e. The van der Waals surface area contributed by atoms with Gasteiger partial charge >= 0.3 is 5.97 Å². The monoisotopic (exact) mass is 656 g/mol. The van der Waals surface area contributed by atoms with Gasteiger partial charge in [0, 0.05) is 6.42 Å². The molecule has 5 aromatic carbocycles. The van der Waals surface area contributed by atoms with Crippen LogP contribution in [0.15, 0.2) is 127 Å². The van der Waals surface area contributed by atoms with E-state index in [0.29, 0.717) is 31.8 Å². The first-order valence-electron chi connectivity index (χ1n) is 16.6. The van der Waals surface area contributed by atoms with Crippen molar-refractivity contribution in [2.45, 2.75) is 51.7 Å². The number of likely N-dealkylation sites (N-methyl/N-ethyl adjacent to an activating group) is 2.